The lowest BCUT2D eigenvalue weighted by Gasteiger charge is -2.35. The van der Waals surface area contributed by atoms with Crippen LogP contribution in [-0.2, 0) is 20.8 Å². The van der Waals surface area contributed by atoms with Crippen molar-refractivity contribution in [3.8, 4) is 5.75 Å². The number of benzene rings is 2. The maximum absolute atomic E-state index is 13.0. The summed E-state index contributed by atoms with van der Waals surface area (Å²) in [5.74, 6) is 0.410. The van der Waals surface area contributed by atoms with Gasteiger partial charge >= 0.3 is 0 Å². The Balaban J connectivity index is 1.47. The molecule has 0 atom stereocenters. The maximum Gasteiger partial charge on any atom is 0.241 e. The van der Waals surface area contributed by atoms with Crippen molar-refractivity contribution in [3.63, 3.8) is 0 Å². The Kier molecular flexibility index (Phi) is 8.83. The van der Waals surface area contributed by atoms with E-state index in [1.807, 2.05) is 59.5 Å². The standard InChI is InChI=1S/C25H32N4O4/c1-33-22-10-7-20(8-11-22)9-12-24(31)28-17-15-27(16-18-28)19-25(32)29(14-13-23(26)30)21-5-3-2-4-6-21/h2-8,10-11H,9,12-19H2,1H3,(H2,26,30). The lowest BCUT2D eigenvalue weighted by atomic mass is 10.1. The topological polar surface area (TPSA) is 96.2 Å². The Hall–Kier alpha value is -3.39. The van der Waals surface area contributed by atoms with Gasteiger partial charge in [-0.05, 0) is 36.2 Å². The second-order valence-corrected chi connectivity index (χ2v) is 8.10. The van der Waals surface area contributed by atoms with Crippen LogP contribution in [0, 0.1) is 0 Å². The Bertz CT molecular complexity index is 925. The number of ether oxygens (including phenoxy) is 1. The number of piperazine rings is 1. The van der Waals surface area contributed by atoms with Gasteiger partial charge in [0.2, 0.25) is 17.7 Å². The molecule has 2 N–H and O–H groups in total. The van der Waals surface area contributed by atoms with Crippen LogP contribution in [0.4, 0.5) is 5.69 Å². The number of methoxy groups -OCH3 is 1. The molecule has 8 heteroatoms. The first-order valence-electron chi connectivity index (χ1n) is 11.2. The number of nitrogens with two attached hydrogens (primary N) is 1. The fourth-order valence-electron chi connectivity index (χ4n) is 3.86. The molecule has 1 aliphatic rings. The van der Waals surface area contributed by atoms with E-state index in [0.29, 0.717) is 39.0 Å². The van der Waals surface area contributed by atoms with Gasteiger partial charge in [-0.3, -0.25) is 19.3 Å². The van der Waals surface area contributed by atoms with Gasteiger partial charge in [-0.15, -0.1) is 0 Å². The van der Waals surface area contributed by atoms with Crippen LogP contribution in [0.15, 0.2) is 54.6 Å². The van der Waals surface area contributed by atoms with Crippen molar-refractivity contribution in [1.29, 1.82) is 0 Å². The highest BCUT2D eigenvalue weighted by Gasteiger charge is 2.24. The van der Waals surface area contributed by atoms with Crippen molar-refractivity contribution in [1.82, 2.24) is 9.80 Å². The zero-order valence-electron chi connectivity index (χ0n) is 19.1. The molecule has 3 amide bonds. The fourth-order valence-corrected chi connectivity index (χ4v) is 3.86. The lowest BCUT2D eigenvalue weighted by molar-refractivity contribution is -0.133. The number of aryl methyl sites for hydroxylation is 1. The third-order valence-electron chi connectivity index (χ3n) is 5.82. The smallest absolute Gasteiger partial charge is 0.241 e. The molecule has 0 spiro atoms. The van der Waals surface area contributed by atoms with E-state index in [4.69, 9.17) is 10.5 Å². The number of rotatable bonds is 10. The van der Waals surface area contributed by atoms with Crippen LogP contribution in [0.2, 0.25) is 0 Å². The van der Waals surface area contributed by atoms with Crippen LogP contribution in [0.5, 0.6) is 5.75 Å². The number of nitrogens with zero attached hydrogens (tertiary/aromatic N) is 3. The van der Waals surface area contributed by atoms with E-state index < -0.39 is 5.91 Å². The first kappa shape index (κ1) is 24.3. The van der Waals surface area contributed by atoms with E-state index in [1.165, 1.54) is 0 Å². The number of carbonyl (C=O) groups excluding carboxylic acids is 3. The van der Waals surface area contributed by atoms with E-state index in [1.54, 1.807) is 12.0 Å². The number of anilines is 1. The van der Waals surface area contributed by atoms with Crippen LogP contribution in [0.3, 0.4) is 0 Å². The average molecular weight is 453 g/mol. The molecular weight excluding hydrogens is 420 g/mol. The molecule has 2 aromatic carbocycles. The van der Waals surface area contributed by atoms with E-state index >= 15 is 0 Å². The van der Waals surface area contributed by atoms with E-state index in [0.717, 1.165) is 17.0 Å². The number of amides is 3. The quantitative estimate of drug-likeness (QED) is 0.592. The van der Waals surface area contributed by atoms with Crippen LogP contribution in [0.1, 0.15) is 18.4 Å². The van der Waals surface area contributed by atoms with E-state index in [9.17, 15) is 14.4 Å². The van der Waals surface area contributed by atoms with Crippen molar-refractivity contribution < 1.29 is 19.1 Å². The minimum absolute atomic E-state index is 0.0817. The minimum atomic E-state index is -0.439. The third-order valence-corrected chi connectivity index (χ3v) is 5.82. The number of primary amides is 1. The Labute approximate surface area is 194 Å². The largest absolute Gasteiger partial charge is 0.497 e. The molecule has 0 saturated carbocycles. The summed E-state index contributed by atoms with van der Waals surface area (Å²) in [6, 6.07) is 17.0. The monoisotopic (exact) mass is 452 g/mol. The molecule has 3 rings (SSSR count). The number of hydrogen-bond donors (Lipinski definition) is 1. The van der Waals surface area contributed by atoms with Crippen LogP contribution in [-0.4, -0.2) is 73.9 Å². The fraction of sp³-hybridized carbons (Fsp3) is 0.400. The second-order valence-electron chi connectivity index (χ2n) is 8.10. The minimum Gasteiger partial charge on any atom is -0.497 e. The summed E-state index contributed by atoms with van der Waals surface area (Å²) >= 11 is 0. The highest BCUT2D eigenvalue weighted by molar-refractivity contribution is 5.95. The number of para-hydroxylation sites is 1. The highest BCUT2D eigenvalue weighted by atomic mass is 16.5. The Morgan fingerprint density at radius 2 is 1.61 bits per heavy atom. The molecule has 0 aromatic heterocycles. The van der Waals surface area contributed by atoms with Gasteiger partial charge in [0.25, 0.3) is 0 Å². The zero-order chi connectivity index (χ0) is 23.6. The predicted octanol–water partition coefficient (Wildman–Crippen LogP) is 1.68. The van der Waals surface area contributed by atoms with Gasteiger partial charge in [-0.1, -0.05) is 30.3 Å². The molecule has 33 heavy (non-hydrogen) atoms. The molecular formula is C25H32N4O4. The maximum atomic E-state index is 13.0. The average Bonchev–Trinajstić information content (AvgIpc) is 2.84. The molecule has 1 fully saturated rings. The van der Waals surface area contributed by atoms with Gasteiger partial charge in [-0.2, -0.15) is 0 Å². The molecule has 0 bridgehead atoms. The first-order chi connectivity index (χ1) is 16.0. The van der Waals surface area contributed by atoms with Gasteiger partial charge in [0, 0.05) is 51.3 Å². The Morgan fingerprint density at radius 3 is 2.21 bits per heavy atom. The van der Waals surface area contributed by atoms with Crippen molar-refractivity contribution in [2.45, 2.75) is 19.3 Å². The normalized spacial score (nSPS) is 14.0. The summed E-state index contributed by atoms with van der Waals surface area (Å²) in [6.45, 7) is 2.96. The van der Waals surface area contributed by atoms with E-state index in [2.05, 4.69) is 4.90 Å². The van der Waals surface area contributed by atoms with Gasteiger partial charge in [0.1, 0.15) is 5.75 Å². The Morgan fingerprint density at radius 1 is 0.939 bits per heavy atom. The molecule has 8 nitrogen and oxygen atoms in total. The van der Waals surface area contributed by atoms with Crippen LogP contribution < -0.4 is 15.4 Å². The summed E-state index contributed by atoms with van der Waals surface area (Å²) in [5, 5.41) is 0. The number of hydrogen-bond acceptors (Lipinski definition) is 5. The van der Waals surface area contributed by atoms with Gasteiger partial charge in [-0.25, -0.2) is 0 Å². The first-order valence-corrected chi connectivity index (χ1v) is 11.2. The molecule has 1 aliphatic heterocycles. The highest BCUT2D eigenvalue weighted by Crippen LogP contribution is 2.16. The SMILES string of the molecule is COc1ccc(CCC(=O)N2CCN(CC(=O)N(CCC(N)=O)c3ccccc3)CC2)cc1. The summed E-state index contributed by atoms with van der Waals surface area (Å²) in [7, 11) is 1.63. The van der Waals surface area contributed by atoms with Crippen molar-refractivity contribution in [2.24, 2.45) is 5.73 Å². The molecule has 0 radical (unpaired) electrons. The number of carbonyl (C=O) groups is 3. The summed E-state index contributed by atoms with van der Waals surface area (Å²) in [4.78, 5) is 42.4. The summed E-state index contributed by atoms with van der Waals surface area (Å²) in [5.41, 5.74) is 7.14. The lowest BCUT2D eigenvalue weighted by Crippen LogP contribution is -2.51. The van der Waals surface area contributed by atoms with E-state index in [-0.39, 0.29) is 31.3 Å². The van der Waals surface area contributed by atoms with Crippen LogP contribution in [0.25, 0.3) is 0 Å². The summed E-state index contributed by atoms with van der Waals surface area (Å²) < 4.78 is 5.16. The van der Waals surface area contributed by atoms with Crippen LogP contribution >= 0.6 is 0 Å². The molecule has 0 aliphatic carbocycles. The summed E-state index contributed by atoms with van der Waals surface area (Å²) in [6.07, 6.45) is 1.25. The molecule has 1 saturated heterocycles. The van der Waals surface area contributed by atoms with Crippen molar-refractivity contribution in [3.05, 3.63) is 60.2 Å². The predicted molar refractivity (Wildman–Crippen MR) is 127 cm³/mol. The third kappa shape index (κ3) is 7.32. The van der Waals surface area contributed by atoms with Gasteiger partial charge in [0.05, 0.1) is 13.7 Å². The molecule has 1 heterocycles. The molecule has 2 aromatic rings. The van der Waals surface area contributed by atoms with Crippen molar-refractivity contribution >= 4 is 23.4 Å². The zero-order valence-corrected chi connectivity index (χ0v) is 19.1. The second kappa shape index (κ2) is 12.0. The molecule has 0 unspecified atom stereocenters. The van der Waals surface area contributed by atoms with Gasteiger partial charge in [0.15, 0.2) is 0 Å². The molecule has 176 valence electrons. The van der Waals surface area contributed by atoms with Gasteiger partial charge < -0.3 is 20.3 Å². The van der Waals surface area contributed by atoms with Crippen molar-refractivity contribution in [2.75, 3.05) is 51.3 Å².